The number of esters is 1. The SMILES string of the molecule is CCOC(=O)c1ccnc(NC(=O)c2ccc(N3C(=O)c4ccccc4C3=O)cc2)c1. The number of carbonyl (C=O) groups is 4. The van der Waals surface area contributed by atoms with Crippen molar-refractivity contribution in [3.8, 4) is 0 Å². The highest BCUT2D eigenvalue weighted by Gasteiger charge is 2.36. The highest BCUT2D eigenvalue weighted by atomic mass is 16.5. The molecule has 1 aromatic heterocycles. The lowest BCUT2D eigenvalue weighted by Crippen LogP contribution is -2.29. The van der Waals surface area contributed by atoms with Crippen LogP contribution in [0.25, 0.3) is 0 Å². The monoisotopic (exact) mass is 415 g/mol. The molecule has 0 saturated carbocycles. The van der Waals surface area contributed by atoms with Gasteiger partial charge in [-0.05, 0) is 55.5 Å². The van der Waals surface area contributed by atoms with Gasteiger partial charge in [0.2, 0.25) is 0 Å². The van der Waals surface area contributed by atoms with Crippen molar-refractivity contribution in [3.05, 3.63) is 89.1 Å². The molecule has 0 aliphatic carbocycles. The fourth-order valence-electron chi connectivity index (χ4n) is 3.21. The topological polar surface area (TPSA) is 106 Å². The van der Waals surface area contributed by atoms with Crippen LogP contribution in [0.3, 0.4) is 0 Å². The lowest BCUT2D eigenvalue weighted by atomic mass is 10.1. The van der Waals surface area contributed by atoms with Crippen LogP contribution in [0.2, 0.25) is 0 Å². The molecular formula is C23H17N3O5. The fourth-order valence-corrected chi connectivity index (χ4v) is 3.21. The summed E-state index contributed by atoms with van der Waals surface area (Å²) in [4.78, 5) is 54.6. The van der Waals surface area contributed by atoms with Gasteiger partial charge in [-0.1, -0.05) is 12.1 Å². The molecule has 8 heteroatoms. The Balaban J connectivity index is 1.50. The number of imide groups is 1. The van der Waals surface area contributed by atoms with E-state index in [0.717, 1.165) is 4.90 Å². The predicted octanol–water partition coefficient (Wildman–Crippen LogP) is 3.31. The molecule has 2 heterocycles. The number of anilines is 2. The number of carbonyl (C=O) groups excluding carboxylic acids is 4. The van der Waals surface area contributed by atoms with E-state index in [4.69, 9.17) is 4.74 Å². The summed E-state index contributed by atoms with van der Waals surface area (Å²) in [6.07, 6.45) is 1.40. The molecule has 0 fully saturated rings. The Bertz CT molecular complexity index is 1170. The maximum Gasteiger partial charge on any atom is 0.338 e. The van der Waals surface area contributed by atoms with E-state index < -0.39 is 23.7 Å². The fraction of sp³-hybridized carbons (Fsp3) is 0.0870. The molecule has 1 aliphatic rings. The molecule has 4 rings (SSSR count). The molecule has 154 valence electrons. The molecule has 0 bridgehead atoms. The molecule has 8 nitrogen and oxygen atoms in total. The second-order valence-electron chi connectivity index (χ2n) is 6.64. The van der Waals surface area contributed by atoms with E-state index in [0.29, 0.717) is 22.4 Å². The Labute approximate surface area is 177 Å². The van der Waals surface area contributed by atoms with Crippen molar-refractivity contribution < 1.29 is 23.9 Å². The lowest BCUT2D eigenvalue weighted by Gasteiger charge is -2.14. The predicted molar refractivity (Wildman–Crippen MR) is 112 cm³/mol. The minimum Gasteiger partial charge on any atom is -0.462 e. The first-order chi connectivity index (χ1) is 15.0. The van der Waals surface area contributed by atoms with Crippen LogP contribution in [0.5, 0.6) is 0 Å². The molecule has 0 radical (unpaired) electrons. The van der Waals surface area contributed by atoms with Crippen molar-refractivity contribution >= 4 is 35.2 Å². The third kappa shape index (κ3) is 3.78. The van der Waals surface area contributed by atoms with Gasteiger partial charge < -0.3 is 10.1 Å². The summed E-state index contributed by atoms with van der Waals surface area (Å²) in [5.74, 6) is -1.58. The van der Waals surface area contributed by atoms with Crippen molar-refractivity contribution in [1.82, 2.24) is 4.98 Å². The first-order valence-corrected chi connectivity index (χ1v) is 9.52. The average Bonchev–Trinajstić information content (AvgIpc) is 3.04. The highest BCUT2D eigenvalue weighted by Crippen LogP contribution is 2.28. The number of hydrogen-bond donors (Lipinski definition) is 1. The van der Waals surface area contributed by atoms with E-state index >= 15 is 0 Å². The number of nitrogens with one attached hydrogen (secondary N) is 1. The number of fused-ring (bicyclic) bond motifs is 1. The average molecular weight is 415 g/mol. The van der Waals surface area contributed by atoms with Crippen molar-refractivity contribution in [1.29, 1.82) is 0 Å². The summed E-state index contributed by atoms with van der Waals surface area (Å²) >= 11 is 0. The zero-order chi connectivity index (χ0) is 22.0. The molecular weight excluding hydrogens is 398 g/mol. The largest absolute Gasteiger partial charge is 0.462 e. The van der Waals surface area contributed by atoms with E-state index in [1.54, 1.807) is 31.2 Å². The van der Waals surface area contributed by atoms with E-state index in [1.807, 2.05) is 0 Å². The number of benzene rings is 2. The number of pyridine rings is 1. The summed E-state index contributed by atoms with van der Waals surface area (Å²) in [7, 11) is 0. The molecule has 0 spiro atoms. The first-order valence-electron chi connectivity index (χ1n) is 9.52. The molecule has 0 saturated heterocycles. The number of aromatic nitrogens is 1. The molecule has 3 amide bonds. The minimum absolute atomic E-state index is 0.194. The number of hydrogen-bond acceptors (Lipinski definition) is 6. The van der Waals surface area contributed by atoms with Crippen LogP contribution in [0.1, 0.15) is 48.4 Å². The number of nitrogens with zero attached hydrogens (tertiary/aromatic N) is 2. The molecule has 1 aliphatic heterocycles. The van der Waals surface area contributed by atoms with Crippen molar-refractivity contribution in [2.24, 2.45) is 0 Å². The third-order valence-electron chi connectivity index (χ3n) is 4.69. The number of amides is 3. The second kappa shape index (κ2) is 8.19. The van der Waals surface area contributed by atoms with Crippen LogP contribution in [-0.4, -0.2) is 35.3 Å². The van der Waals surface area contributed by atoms with Gasteiger partial charge in [-0.25, -0.2) is 14.7 Å². The Morgan fingerprint density at radius 1 is 0.935 bits per heavy atom. The van der Waals surface area contributed by atoms with E-state index in [2.05, 4.69) is 10.3 Å². The van der Waals surface area contributed by atoms with E-state index in [-0.39, 0.29) is 18.0 Å². The van der Waals surface area contributed by atoms with Crippen molar-refractivity contribution in [2.45, 2.75) is 6.92 Å². The second-order valence-corrected chi connectivity index (χ2v) is 6.64. The van der Waals surface area contributed by atoms with Gasteiger partial charge in [0.1, 0.15) is 5.82 Å². The zero-order valence-corrected chi connectivity index (χ0v) is 16.5. The van der Waals surface area contributed by atoms with Crippen molar-refractivity contribution in [2.75, 3.05) is 16.8 Å². The summed E-state index contributed by atoms with van der Waals surface area (Å²) in [6, 6.07) is 15.6. The standard InChI is InChI=1S/C23H17N3O5/c1-2-31-23(30)15-11-12-24-19(13-15)25-20(27)14-7-9-16(10-8-14)26-21(28)17-5-3-4-6-18(17)22(26)29/h3-13H,2H2,1H3,(H,24,25,27). The number of ether oxygens (including phenoxy) is 1. The minimum atomic E-state index is -0.509. The quantitative estimate of drug-likeness (QED) is 0.506. The smallest absolute Gasteiger partial charge is 0.338 e. The maximum absolute atomic E-state index is 12.6. The van der Waals surface area contributed by atoms with Crippen LogP contribution in [0.4, 0.5) is 11.5 Å². The van der Waals surface area contributed by atoms with Crippen molar-refractivity contribution in [3.63, 3.8) is 0 Å². The molecule has 2 aromatic carbocycles. The molecule has 1 N–H and O–H groups in total. The lowest BCUT2D eigenvalue weighted by molar-refractivity contribution is 0.0525. The molecule has 31 heavy (non-hydrogen) atoms. The highest BCUT2D eigenvalue weighted by molar-refractivity contribution is 6.34. The van der Waals surface area contributed by atoms with Gasteiger partial charge in [0.05, 0.1) is 29.0 Å². The molecule has 0 unspecified atom stereocenters. The summed E-state index contributed by atoms with van der Waals surface area (Å²) in [5, 5.41) is 2.61. The Kier molecular flexibility index (Phi) is 5.28. The summed E-state index contributed by atoms with van der Waals surface area (Å²) in [5.41, 5.74) is 1.63. The summed E-state index contributed by atoms with van der Waals surface area (Å²) in [6.45, 7) is 1.94. The van der Waals surface area contributed by atoms with Gasteiger partial charge in [-0.2, -0.15) is 0 Å². The third-order valence-corrected chi connectivity index (χ3v) is 4.69. The van der Waals surface area contributed by atoms with E-state index in [1.165, 1.54) is 42.6 Å². The number of rotatable bonds is 5. The van der Waals surface area contributed by atoms with Crippen LogP contribution in [0, 0.1) is 0 Å². The van der Waals surface area contributed by atoms with Gasteiger partial charge in [0.15, 0.2) is 0 Å². The van der Waals surface area contributed by atoms with Gasteiger partial charge in [-0.15, -0.1) is 0 Å². The maximum atomic E-state index is 12.6. The van der Waals surface area contributed by atoms with Crippen LogP contribution in [0.15, 0.2) is 66.9 Å². The first kappa shape index (κ1) is 20.0. The van der Waals surface area contributed by atoms with Crippen LogP contribution < -0.4 is 10.2 Å². The van der Waals surface area contributed by atoms with Gasteiger partial charge in [-0.3, -0.25) is 14.4 Å². The van der Waals surface area contributed by atoms with Gasteiger partial charge in [0.25, 0.3) is 17.7 Å². The van der Waals surface area contributed by atoms with Crippen LogP contribution >= 0.6 is 0 Å². The zero-order valence-electron chi connectivity index (χ0n) is 16.5. The summed E-state index contributed by atoms with van der Waals surface area (Å²) < 4.78 is 4.94. The Hall–Kier alpha value is -4.33. The Morgan fingerprint density at radius 2 is 1.58 bits per heavy atom. The molecule has 0 atom stereocenters. The normalized spacial score (nSPS) is 12.5. The van der Waals surface area contributed by atoms with Gasteiger partial charge >= 0.3 is 5.97 Å². The molecule has 3 aromatic rings. The Morgan fingerprint density at radius 3 is 2.19 bits per heavy atom. The van der Waals surface area contributed by atoms with Crippen LogP contribution in [-0.2, 0) is 4.74 Å². The van der Waals surface area contributed by atoms with E-state index in [9.17, 15) is 19.2 Å². The van der Waals surface area contributed by atoms with Gasteiger partial charge in [0, 0.05) is 11.8 Å².